The van der Waals surface area contributed by atoms with Crippen molar-refractivity contribution in [3.8, 4) is 22.8 Å². The van der Waals surface area contributed by atoms with Crippen molar-refractivity contribution in [1.82, 2.24) is 19.9 Å². The molecule has 0 aliphatic rings. The minimum absolute atomic E-state index is 0.0596. The molecule has 0 saturated heterocycles. The molecule has 4 N–H and O–H groups in total. The minimum Gasteiger partial charge on any atom is -0.383 e. The molecule has 2 heterocycles. The topological polar surface area (TPSA) is 124 Å². The second-order valence-electron chi connectivity index (χ2n) is 7.88. The first kappa shape index (κ1) is 22.1. The monoisotopic (exact) mass is 445 g/mol. The van der Waals surface area contributed by atoms with Gasteiger partial charge in [0.05, 0.1) is 0 Å². The summed E-state index contributed by atoms with van der Waals surface area (Å²) in [6.45, 7) is 8.50. The highest BCUT2D eigenvalue weighted by molar-refractivity contribution is 5.91. The van der Waals surface area contributed by atoms with E-state index in [0.717, 1.165) is 27.9 Å². The summed E-state index contributed by atoms with van der Waals surface area (Å²) >= 11 is 0. The number of carbonyl (C=O) groups excluding carboxylic acids is 1. The van der Waals surface area contributed by atoms with E-state index in [1.165, 1.54) is 4.68 Å². The molecule has 0 spiro atoms. The van der Waals surface area contributed by atoms with Gasteiger partial charge in [-0.15, -0.1) is 0 Å². The molecule has 0 aliphatic carbocycles. The third-order valence-electron chi connectivity index (χ3n) is 5.45. The van der Waals surface area contributed by atoms with Gasteiger partial charge in [0, 0.05) is 17.8 Å². The van der Waals surface area contributed by atoms with Gasteiger partial charge < -0.3 is 20.9 Å². The number of hydrogen-bond acceptors (Lipinski definition) is 7. The summed E-state index contributed by atoms with van der Waals surface area (Å²) in [5.74, 6) is 1.20. The number of nitrogens with one attached hydrogen (secondary N) is 2. The molecule has 9 nitrogen and oxygen atoms in total. The highest BCUT2D eigenvalue weighted by Gasteiger charge is 2.24. The van der Waals surface area contributed by atoms with E-state index >= 15 is 0 Å². The maximum absolute atomic E-state index is 12.7. The van der Waals surface area contributed by atoms with E-state index in [-0.39, 0.29) is 24.2 Å². The van der Waals surface area contributed by atoms with Crippen LogP contribution in [-0.4, -0.2) is 32.4 Å². The van der Waals surface area contributed by atoms with Gasteiger partial charge in [-0.05, 0) is 56.5 Å². The fourth-order valence-corrected chi connectivity index (χ4v) is 3.51. The van der Waals surface area contributed by atoms with Crippen molar-refractivity contribution in [3.05, 3.63) is 59.2 Å². The average molecular weight is 446 g/mol. The number of carbonyl (C=O) groups is 1. The molecule has 0 saturated carbocycles. The molecular formula is C24H27N7O2. The van der Waals surface area contributed by atoms with Gasteiger partial charge in [-0.25, -0.2) is 4.68 Å². The van der Waals surface area contributed by atoms with Crippen LogP contribution < -0.4 is 16.4 Å². The lowest BCUT2D eigenvalue weighted by Gasteiger charge is -2.08. The summed E-state index contributed by atoms with van der Waals surface area (Å²) in [6, 6.07) is 13.6. The quantitative estimate of drug-likeness (QED) is 0.390. The molecular weight excluding hydrogens is 418 g/mol. The Balaban J connectivity index is 1.61. The standard InChI is InChI=1S/C24H27N7O2/c1-5-26-23-20(24-28-22(30-33-24)18-9-7-6-8-15(18)3)21(25)31(29-23)13-19(32)27-17-11-10-14(2)16(4)12-17/h6-12H,5,13,25H2,1-4H3,(H,26,29)(H,27,32). The largest absolute Gasteiger partial charge is 0.383 e. The van der Waals surface area contributed by atoms with Crippen LogP contribution in [0, 0.1) is 20.8 Å². The molecule has 4 rings (SSSR count). The smallest absolute Gasteiger partial charge is 0.265 e. The van der Waals surface area contributed by atoms with Gasteiger partial charge in [-0.3, -0.25) is 4.79 Å². The van der Waals surface area contributed by atoms with E-state index in [1.54, 1.807) is 0 Å². The highest BCUT2D eigenvalue weighted by atomic mass is 16.5. The summed E-state index contributed by atoms with van der Waals surface area (Å²) in [5.41, 5.74) is 11.7. The summed E-state index contributed by atoms with van der Waals surface area (Å²) in [7, 11) is 0. The molecule has 0 atom stereocenters. The fraction of sp³-hybridized carbons (Fsp3) is 0.250. The number of benzene rings is 2. The van der Waals surface area contributed by atoms with E-state index < -0.39 is 0 Å². The van der Waals surface area contributed by atoms with Gasteiger partial charge in [-0.2, -0.15) is 10.1 Å². The Kier molecular flexibility index (Phi) is 6.12. The lowest BCUT2D eigenvalue weighted by atomic mass is 10.1. The summed E-state index contributed by atoms with van der Waals surface area (Å²) in [6.07, 6.45) is 0. The number of aryl methyl sites for hydroxylation is 3. The van der Waals surface area contributed by atoms with Crippen molar-refractivity contribution in [2.24, 2.45) is 0 Å². The average Bonchev–Trinajstić information content (AvgIpc) is 3.36. The van der Waals surface area contributed by atoms with Crippen LogP contribution in [0.3, 0.4) is 0 Å². The third-order valence-corrected chi connectivity index (χ3v) is 5.45. The van der Waals surface area contributed by atoms with Crippen molar-refractivity contribution in [3.63, 3.8) is 0 Å². The van der Waals surface area contributed by atoms with Crippen LogP contribution in [0.4, 0.5) is 17.3 Å². The first-order valence-electron chi connectivity index (χ1n) is 10.7. The highest BCUT2D eigenvalue weighted by Crippen LogP contribution is 2.34. The van der Waals surface area contributed by atoms with Crippen LogP contribution in [0.15, 0.2) is 47.0 Å². The Morgan fingerprint density at radius 1 is 1.09 bits per heavy atom. The van der Waals surface area contributed by atoms with Crippen LogP contribution in [0.1, 0.15) is 23.6 Å². The summed E-state index contributed by atoms with van der Waals surface area (Å²) in [4.78, 5) is 17.2. The first-order chi connectivity index (χ1) is 15.9. The Morgan fingerprint density at radius 3 is 2.61 bits per heavy atom. The molecule has 0 fully saturated rings. The maximum Gasteiger partial charge on any atom is 0.265 e. The van der Waals surface area contributed by atoms with E-state index in [1.807, 2.05) is 70.2 Å². The third kappa shape index (κ3) is 4.57. The Hall–Kier alpha value is -4.14. The van der Waals surface area contributed by atoms with Gasteiger partial charge in [-0.1, -0.05) is 35.5 Å². The maximum atomic E-state index is 12.7. The van der Waals surface area contributed by atoms with Crippen LogP contribution >= 0.6 is 0 Å². The zero-order valence-corrected chi connectivity index (χ0v) is 19.1. The Labute approximate surface area is 192 Å². The summed E-state index contributed by atoms with van der Waals surface area (Å²) < 4.78 is 6.96. The Morgan fingerprint density at radius 2 is 1.88 bits per heavy atom. The molecule has 2 aromatic carbocycles. The number of aromatic nitrogens is 4. The molecule has 0 unspecified atom stereocenters. The molecule has 2 aromatic heterocycles. The number of hydrogen-bond donors (Lipinski definition) is 3. The van der Waals surface area contributed by atoms with Crippen LogP contribution in [-0.2, 0) is 11.3 Å². The predicted molar refractivity (Wildman–Crippen MR) is 129 cm³/mol. The molecule has 170 valence electrons. The SMILES string of the molecule is CCNc1nn(CC(=O)Nc2ccc(C)c(C)c2)c(N)c1-c1nc(-c2ccccc2C)no1. The van der Waals surface area contributed by atoms with E-state index in [9.17, 15) is 4.79 Å². The number of amides is 1. The van der Waals surface area contributed by atoms with E-state index in [2.05, 4.69) is 25.9 Å². The fourth-order valence-electron chi connectivity index (χ4n) is 3.51. The van der Waals surface area contributed by atoms with Crippen molar-refractivity contribution in [2.75, 3.05) is 22.9 Å². The predicted octanol–water partition coefficient (Wildman–Crippen LogP) is 4.18. The number of nitrogens with two attached hydrogens (primary N) is 1. The first-order valence-corrected chi connectivity index (χ1v) is 10.7. The minimum atomic E-state index is -0.242. The zero-order chi connectivity index (χ0) is 23.5. The van der Waals surface area contributed by atoms with Crippen LogP contribution in [0.25, 0.3) is 22.8 Å². The molecule has 9 heteroatoms. The normalized spacial score (nSPS) is 10.9. The molecule has 0 aliphatic heterocycles. The number of nitrogen functional groups attached to an aromatic ring is 1. The van der Waals surface area contributed by atoms with Crippen LogP contribution in [0.2, 0.25) is 0 Å². The number of rotatable bonds is 7. The van der Waals surface area contributed by atoms with Gasteiger partial charge >= 0.3 is 0 Å². The molecule has 33 heavy (non-hydrogen) atoms. The summed E-state index contributed by atoms with van der Waals surface area (Å²) in [5, 5.41) is 14.7. The van der Waals surface area contributed by atoms with E-state index in [0.29, 0.717) is 23.8 Å². The van der Waals surface area contributed by atoms with E-state index in [4.69, 9.17) is 10.3 Å². The number of anilines is 3. The van der Waals surface area contributed by atoms with Crippen LogP contribution in [0.5, 0.6) is 0 Å². The second kappa shape index (κ2) is 9.15. The lowest BCUT2D eigenvalue weighted by Crippen LogP contribution is -2.20. The van der Waals surface area contributed by atoms with Crippen molar-refractivity contribution in [1.29, 1.82) is 0 Å². The Bertz CT molecular complexity index is 1310. The molecule has 1 amide bonds. The molecule has 0 bridgehead atoms. The van der Waals surface area contributed by atoms with Crippen molar-refractivity contribution in [2.45, 2.75) is 34.2 Å². The lowest BCUT2D eigenvalue weighted by molar-refractivity contribution is -0.116. The van der Waals surface area contributed by atoms with Gasteiger partial charge in [0.15, 0.2) is 5.82 Å². The van der Waals surface area contributed by atoms with Gasteiger partial charge in [0.2, 0.25) is 11.7 Å². The second-order valence-corrected chi connectivity index (χ2v) is 7.88. The van der Waals surface area contributed by atoms with Crippen molar-refractivity contribution < 1.29 is 9.32 Å². The van der Waals surface area contributed by atoms with Gasteiger partial charge in [0.1, 0.15) is 17.9 Å². The van der Waals surface area contributed by atoms with Gasteiger partial charge in [0.25, 0.3) is 5.89 Å². The molecule has 4 aromatic rings. The molecule has 0 radical (unpaired) electrons. The number of nitrogens with zero attached hydrogens (tertiary/aromatic N) is 4. The van der Waals surface area contributed by atoms with Crippen molar-refractivity contribution >= 4 is 23.2 Å². The zero-order valence-electron chi connectivity index (χ0n) is 19.1.